The summed E-state index contributed by atoms with van der Waals surface area (Å²) >= 11 is 0. The van der Waals surface area contributed by atoms with Gasteiger partial charge < -0.3 is 9.84 Å². The summed E-state index contributed by atoms with van der Waals surface area (Å²) in [7, 11) is -6.61. The number of benzene rings is 2. The van der Waals surface area contributed by atoms with Gasteiger partial charge in [0.25, 0.3) is 0 Å². The highest BCUT2D eigenvalue weighted by atomic mass is 32.2. The second-order valence-corrected chi connectivity index (χ2v) is 13.9. The van der Waals surface area contributed by atoms with Crippen LogP contribution in [-0.2, 0) is 20.0 Å². The third kappa shape index (κ3) is 6.74. The third-order valence-corrected chi connectivity index (χ3v) is 10.2. The van der Waals surface area contributed by atoms with E-state index in [9.17, 15) is 26.3 Å². The molecule has 1 heterocycles. The van der Waals surface area contributed by atoms with Gasteiger partial charge in [0.2, 0.25) is 20.0 Å². The summed E-state index contributed by atoms with van der Waals surface area (Å²) in [5.74, 6) is 5.56. The SMILES string of the molecule is CC(C)CC#Cc1ccc2c(c1)O[C@@H](CN(C)S(=O)(=O)c1ccc(F)cc1)[C@H](C)CN([C@H](C)CO)S2(=O)=O. The smallest absolute Gasteiger partial charge is 0.247 e. The number of likely N-dealkylation sites (N-methyl/N-ethyl adjacent to an activating group) is 1. The molecule has 0 aliphatic carbocycles. The molecule has 208 valence electrons. The van der Waals surface area contributed by atoms with Crippen molar-refractivity contribution in [1.29, 1.82) is 0 Å². The number of ether oxygens (including phenoxy) is 1. The number of aliphatic hydroxyl groups excluding tert-OH is 1. The molecule has 3 atom stereocenters. The van der Waals surface area contributed by atoms with Crippen LogP contribution >= 0.6 is 0 Å². The Morgan fingerprint density at radius 2 is 1.84 bits per heavy atom. The zero-order chi connectivity index (χ0) is 28.3. The summed E-state index contributed by atoms with van der Waals surface area (Å²) in [5.41, 5.74) is 0.570. The molecule has 1 aliphatic rings. The van der Waals surface area contributed by atoms with Gasteiger partial charge in [-0.3, -0.25) is 0 Å². The number of hydrogen-bond acceptors (Lipinski definition) is 6. The predicted octanol–water partition coefficient (Wildman–Crippen LogP) is 3.31. The van der Waals surface area contributed by atoms with Gasteiger partial charge in [-0.15, -0.1) is 0 Å². The standard InChI is InChI=1S/C27H35FN2O6S2/c1-19(2)7-6-8-22-9-14-27-25(15-22)36-26(20(3)16-30(21(4)18-31)38(27,34)35)17-29(5)37(32,33)24-12-10-23(28)11-13-24/h9-15,19-21,26,31H,7,16-18H2,1-5H3/t20-,21-,26+/m1/s1. The zero-order valence-electron chi connectivity index (χ0n) is 22.3. The van der Waals surface area contributed by atoms with Crippen molar-refractivity contribution in [3.05, 3.63) is 53.8 Å². The van der Waals surface area contributed by atoms with Gasteiger partial charge in [-0.2, -0.15) is 8.61 Å². The van der Waals surface area contributed by atoms with Crippen molar-refractivity contribution in [1.82, 2.24) is 8.61 Å². The Hall–Kier alpha value is -2.49. The van der Waals surface area contributed by atoms with Gasteiger partial charge in [0.05, 0.1) is 18.0 Å². The molecule has 0 radical (unpaired) electrons. The molecule has 0 unspecified atom stereocenters. The van der Waals surface area contributed by atoms with Crippen LogP contribution in [0.2, 0.25) is 0 Å². The van der Waals surface area contributed by atoms with Crippen LogP contribution in [0.5, 0.6) is 5.75 Å². The van der Waals surface area contributed by atoms with E-state index in [-0.39, 0.29) is 35.2 Å². The van der Waals surface area contributed by atoms with Crippen molar-refractivity contribution in [3.63, 3.8) is 0 Å². The molecule has 0 saturated heterocycles. The van der Waals surface area contributed by atoms with Crippen LogP contribution in [0.1, 0.15) is 39.7 Å². The fourth-order valence-electron chi connectivity index (χ4n) is 4.02. The fraction of sp³-hybridized carbons (Fsp3) is 0.481. The Bertz CT molecular complexity index is 1400. The molecule has 1 N–H and O–H groups in total. The first kappa shape index (κ1) is 30.1. The molecule has 1 aliphatic heterocycles. The summed E-state index contributed by atoms with van der Waals surface area (Å²) in [6.07, 6.45) is -0.0688. The van der Waals surface area contributed by atoms with Crippen LogP contribution in [0, 0.1) is 29.5 Å². The zero-order valence-corrected chi connectivity index (χ0v) is 23.9. The molecule has 0 fully saturated rings. The minimum atomic E-state index is -4.03. The average molecular weight is 567 g/mol. The van der Waals surface area contributed by atoms with Crippen LogP contribution < -0.4 is 4.74 Å². The van der Waals surface area contributed by atoms with Crippen molar-refractivity contribution < 1.29 is 31.1 Å². The Labute approximate surface area is 225 Å². The fourth-order valence-corrected chi connectivity index (χ4v) is 7.03. The van der Waals surface area contributed by atoms with E-state index in [4.69, 9.17) is 4.74 Å². The molecule has 8 nitrogen and oxygen atoms in total. The van der Waals surface area contributed by atoms with Crippen LogP contribution in [0.3, 0.4) is 0 Å². The number of halogens is 1. The maximum absolute atomic E-state index is 13.6. The third-order valence-electron chi connectivity index (χ3n) is 6.37. The van der Waals surface area contributed by atoms with Crippen molar-refractivity contribution in [3.8, 4) is 17.6 Å². The lowest BCUT2D eigenvalue weighted by molar-refractivity contribution is 0.0904. The molecular formula is C27H35FN2O6S2. The summed E-state index contributed by atoms with van der Waals surface area (Å²) in [6, 6.07) is 8.44. The number of hydrogen-bond donors (Lipinski definition) is 1. The van der Waals surface area contributed by atoms with Crippen molar-refractivity contribution >= 4 is 20.0 Å². The van der Waals surface area contributed by atoms with E-state index >= 15 is 0 Å². The number of rotatable bonds is 7. The molecule has 0 aromatic heterocycles. The summed E-state index contributed by atoms with van der Waals surface area (Å²) < 4.78 is 75.5. The van der Waals surface area contributed by atoms with E-state index < -0.39 is 43.9 Å². The van der Waals surface area contributed by atoms with Crippen LogP contribution in [0.4, 0.5) is 4.39 Å². The first-order chi connectivity index (χ1) is 17.8. The molecule has 0 amide bonds. The van der Waals surface area contributed by atoms with Gasteiger partial charge in [0, 0.05) is 37.5 Å². The Kier molecular flexibility index (Phi) is 9.60. The van der Waals surface area contributed by atoms with Gasteiger partial charge in [0.15, 0.2) is 0 Å². The van der Waals surface area contributed by atoms with E-state index in [1.165, 1.54) is 29.6 Å². The van der Waals surface area contributed by atoms with Crippen molar-refractivity contribution in [2.75, 3.05) is 26.7 Å². The molecular weight excluding hydrogens is 531 g/mol. The highest BCUT2D eigenvalue weighted by Gasteiger charge is 2.39. The predicted molar refractivity (Wildman–Crippen MR) is 143 cm³/mol. The number of sulfonamides is 2. The monoisotopic (exact) mass is 566 g/mol. The van der Waals surface area contributed by atoms with Gasteiger partial charge in [-0.05, 0) is 55.3 Å². The topological polar surface area (TPSA) is 104 Å². The molecule has 38 heavy (non-hydrogen) atoms. The second-order valence-electron chi connectivity index (χ2n) is 10.0. The molecule has 0 saturated carbocycles. The number of fused-ring (bicyclic) bond motifs is 1. The lowest BCUT2D eigenvalue weighted by atomic mass is 10.0. The lowest BCUT2D eigenvalue weighted by Crippen LogP contribution is -2.50. The first-order valence-electron chi connectivity index (χ1n) is 12.4. The largest absolute Gasteiger partial charge is 0.487 e. The van der Waals surface area contributed by atoms with E-state index in [0.717, 1.165) is 16.4 Å². The van der Waals surface area contributed by atoms with E-state index in [2.05, 4.69) is 11.8 Å². The Morgan fingerprint density at radius 1 is 1.18 bits per heavy atom. The molecule has 11 heteroatoms. The molecule has 0 spiro atoms. The molecule has 2 aromatic rings. The maximum atomic E-state index is 13.6. The summed E-state index contributed by atoms with van der Waals surface area (Å²) in [5, 5.41) is 9.80. The van der Waals surface area contributed by atoms with Gasteiger partial charge in [-0.25, -0.2) is 21.2 Å². The summed E-state index contributed by atoms with van der Waals surface area (Å²) in [4.78, 5) is -0.144. The minimum absolute atomic E-state index is 0.00848. The number of aliphatic hydroxyl groups is 1. The highest BCUT2D eigenvalue weighted by Crippen LogP contribution is 2.34. The van der Waals surface area contributed by atoms with E-state index in [0.29, 0.717) is 17.9 Å². The van der Waals surface area contributed by atoms with Crippen LogP contribution in [0.15, 0.2) is 52.3 Å². The van der Waals surface area contributed by atoms with Gasteiger partial charge in [-0.1, -0.05) is 32.6 Å². The normalized spacial score (nSPS) is 20.6. The van der Waals surface area contributed by atoms with Gasteiger partial charge >= 0.3 is 0 Å². The molecule has 3 rings (SSSR count). The van der Waals surface area contributed by atoms with Crippen molar-refractivity contribution in [2.24, 2.45) is 11.8 Å². The number of nitrogens with zero attached hydrogens (tertiary/aromatic N) is 2. The lowest BCUT2D eigenvalue weighted by Gasteiger charge is -2.37. The van der Waals surface area contributed by atoms with Crippen molar-refractivity contribution in [2.45, 2.75) is 56.1 Å². The molecule has 2 aromatic carbocycles. The average Bonchev–Trinajstić information content (AvgIpc) is 2.85. The highest BCUT2D eigenvalue weighted by molar-refractivity contribution is 7.89. The minimum Gasteiger partial charge on any atom is -0.487 e. The van der Waals surface area contributed by atoms with E-state index in [1.54, 1.807) is 26.0 Å². The quantitative estimate of drug-likeness (QED) is 0.516. The van der Waals surface area contributed by atoms with Crippen LogP contribution in [-0.4, -0.2) is 69.4 Å². The summed E-state index contributed by atoms with van der Waals surface area (Å²) in [6.45, 7) is 7.00. The second kappa shape index (κ2) is 12.1. The first-order valence-corrected chi connectivity index (χ1v) is 15.3. The Balaban J connectivity index is 2.04. The Morgan fingerprint density at radius 3 is 2.45 bits per heavy atom. The van der Waals surface area contributed by atoms with Crippen LogP contribution in [0.25, 0.3) is 0 Å². The maximum Gasteiger partial charge on any atom is 0.247 e. The van der Waals surface area contributed by atoms with E-state index in [1.807, 2.05) is 13.8 Å². The molecule has 0 bridgehead atoms. The van der Waals surface area contributed by atoms with Gasteiger partial charge in [0.1, 0.15) is 22.6 Å².